The lowest BCUT2D eigenvalue weighted by Crippen LogP contribution is -2.38. The zero-order chi connectivity index (χ0) is 16.6. The van der Waals surface area contributed by atoms with Crippen LogP contribution in [0.4, 0.5) is 0 Å². The molecular formula is C16H20N4O3. The van der Waals surface area contributed by atoms with Gasteiger partial charge in [0.05, 0.1) is 5.39 Å². The quantitative estimate of drug-likeness (QED) is 0.883. The molecular weight excluding hydrogens is 296 g/mol. The average Bonchev–Trinajstić information content (AvgIpc) is 2.58. The molecule has 1 fully saturated rings. The van der Waals surface area contributed by atoms with Gasteiger partial charge >= 0.3 is 5.69 Å². The molecule has 7 nitrogen and oxygen atoms in total. The summed E-state index contributed by atoms with van der Waals surface area (Å²) < 4.78 is 2.32. The first-order chi connectivity index (χ1) is 11.0. The van der Waals surface area contributed by atoms with Crippen molar-refractivity contribution in [3.05, 3.63) is 38.7 Å². The largest absolute Gasteiger partial charge is 0.348 e. The number of aromatic nitrogens is 3. The fourth-order valence-corrected chi connectivity index (χ4v) is 3.09. The molecule has 1 aliphatic carbocycles. The number of amides is 1. The van der Waals surface area contributed by atoms with E-state index in [4.69, 9.17) is 0 Å². The summed E-state index contributed by atoms with van der Waals surface area (Å²) in [4.78, 5) is 40.7. The predicted octanol–water partition coefficient (Wildman–Crippen LogP) is 0.695. The van der Waals surface area contributed by atoms with Crippen molar-refractivity contribution in [1.29, 1.82) is 0 Å². The Hall–Kier alpha value is -2.44. The second-order valence-corrected chi connectivity index (χ2v) is 6.08. The Balaban J connectivity index is 1.98. The van der Waals surface area contributed by atoms with Crippen molar-refractivity contribution in [2.45, 2.75) is 38.1 Å². The summed E-state index contributed by atoms with van der Waals surface area (Å²) in [6, 6.07) is 3.27. The van der Waals surface area contributed by atoms with Crippen molar-refractivity contribution < 1.29 is 4.79 Å². The van der Waals surface area contributed by atoms with Gasteiger partial charge in [0.2, 0.25) is 0 Å². The van der Waals surface area contributed by atoms with E-state index >= 15 is 0 Å². The van der Waals surface area contributed by atoms with Gasteiger partial charge in [-0.25, -0.2) is 9.78 Å². The summed E-state index contributed by atoms with van der Waals surface area (Å²) in [5, 5.41) is 3.31. The van der Waals surface area contributed by atoms with Crippen LogP contribution in [0.1, 0.15) is 42.6 Å². The Morgan fingerprint density at radius 2 is 1.83 bits per heavy atom. The SMILES string of the molecule is Cn1c(=O)c2ccc(C(=O)NC3CCCCC3)nc2n(C)c1=O. The normalized spacial score (nSPS) is 15.7. The minimum absolute atomic E-state index is 0.182. The molecule has 0 unspecified atom stereocenters. The van der Waals surface area contributed by atoms with E-state index in [1.165, 1.54) is 24.1 Å². The van der Waals surface area contributed by atoms with Crippen LogP contribution >= 0.6 is 0 Å². The maximum atomic E-state index is 12.4. The van der Waals surface area contributed by atoms with E-state index < -0.39 is 11.2 Å². The van der Waals surface area contributed by atoms with Crippen molar-refractivity contribution in [3.8, 4) is 0 Å². The molecule has 0 aliphatic heterocycles. The Bertz CT molecular complexity index is 875. The third-order valence-electron chi connectivity index (χ3n) is 4.47. The van der Waals surface area contributed by atoms with Gasteiger partial charge in [-0.15, -0.1) is 0 Å². The highest BCUT2D eigenvalue weighted by Gasteiger charge is 2.18. The van der Waals surface area contributed by atoms with Crippen LogP contribution in [-0.4, -0.2) is 26.1 Å². The molecule has 1 amide bonds. The zero-order valence-corrected chi connectivity index (χ0v) is 13.3. The van der Waals surface area contributed by atoms with Gasteiger partial charge in [0.1, 0.15) is 11.3 Å². The standard InChI is InChI=1S/C16H20N4O3/c1-19-13-11(15(22)20(2)16(19)23)8-9-12(18-13)14(21)17-10-6-4-3-5-7-10/h8-10H,3-7H2,1-2H3,(H,17,21). The highest BCUT2D eigenvalue weighted by Crippen LogP contribution is 2.17. The molecule has 2 heterocycles. The fourth-order valence-electron chi connectivity index (χ4n) is 3.09. The van der Waals surface area contributed by atoms with Crippen molar-refractivity contribution >= 4 is 16.9 Å². The maximum absolute atomic E-state index is 12.4. The number of hydrogen-bond acceptors (Lipinski definition) is 4. The van der Waals surface area contributed by atoms with Crippen molar-refractivity contribution in [2.24, 2.45) is 14.1 Å². The van der Waals surface area contributed by atoms with Crippen LogP contribution < -0.4 is 16.6 Å². The first-order valence-corrected chi connectivity index (χ1v) is 7.86. The van der Waals surface area contributed by atoms with E-state index in [9.17, 15) is 14.4 Å². The molecule has 7 heteroatoms. The molecule has 0 radical (unpaired) electrons. The minimum Gasteiger partial charge on any atom is -0.348 e. The van der Waals surface area contributed by atoms with E-state index in [1.807, 2.05) is 0 Å². The molecule has 1 N–H and O–H groups in total. The van der Waals surface area contributed by atoms with Gasteiger partial charge in [0.25, 0.3) is 11.5 Å². The lowest BCUT2D eigenvalue weighted by molar-refractivity contribution is 0.0923. The fraction of sp³-hybridized carbons (Fsp3) is 0.500. The Labute approximate surface area is 133 Å². The molecule has 1 saturated carbocycles. The number of rotatable bonds is 2. The third-order valence-corrected chi connectivity index (χ3v) is 4.47. The maximum Gasteiger partial charge on any atom is 0.332 e. The van der Waals surface area contributed by atoms with Crippen LogP contribution in [0.3, 0.4) is 0 Å². The predicted molar refractivity (Wildman–Crippen MR) is 86.6 cm³/mol. The number of nitrogens with one attached hydrogen (secondary N) is 1. The van der Waals surface area contributed by atoms with E-state index in [2.05, 4.69) is 10.3 Å². The molecule has 0 spiro atoms. The number of fused-ring (bicyclic) bond motifs is 1. The van der Waals surface area contributed by atoms with Crippen LogP contribution in [0.2, 0.25) is 0 Å². The molecule has 122 valence electrons. The second kappa shape index (κ2) is 5.98. The van der Waals surface area contributed by atoms with Gasteiger partial charge < -0.3 is 5.32 Å². The van der Waals surface area contributed by atoms with E-state index in [1.54, 1.807) is 13.1 Å². The first-order valence-electron chi connectivity index (χ1n) is 7.86. The van der Waals surface area contributed by atoms with Crippen molar-refractivity contribution in [2.75, 3.05) is 0 Å². The molecule has 0 aromatic carbocycles. The van der Waals surface area contributed by atoms with E-state index in [-0.39, 0.29) is 23.3 Å². The highest BCUT2D eigenvalue weighted by atomic mass is 16.2. The van der Waals surface area contributed by atoms with Crippen LogP contribution in [0.15, 0.2) is 21.7 Å². The van der Waals surface area contributed by atoms with Gasteiger partial charge in [-0.2, -0.15) is 0 Å². The van der Waals surface area contributed by atoms with Crippen molar-refractivity contribution in [3.63, 3.8) is 0 Å². The molecule has 1 aliphatic rings. The van der Waals surface area contributed by atoms with Gasteiger partial charge in [-0.05, 0) is 25.0 Å². The van der Waals surface area contributed by atoms with Crippen LogP contribution in [0, 0.1) is 0 Å². The number of hydrogen-bond donors (Lipinski definition) is 1. The molecule has 0 atom stereocenters. The summed E-state index contributed by atoms with van der Waals surface area (Å²) in [6.07, 6.45) is 5.43. The zero-order valence-electron chi connectivity index (χ0n) is 13.3. The Kier molecular flexibility index (Phi) is 4.02. The van der Waals surface area contributed by atoms with E-state index in [0.717, 1.165) is 30.3 Å². The Morgan fingerprint density at radius 3 is 2.52 bits per heavy atom. The Morgan fingerprint density at radius 1 is 1.13 bits per heavy atom. The number of nitrogens with zero attached hydrogens (tertiary/aromatic N) is 3. The number of aryl methyl sites for hydroxylation is 1. The van der Waals surface area contributed by atoms with Gasteiger partial charge in [-0.1, -0.05) is 19.3 Å². The lowest BCUT2D eigenvalue weighted by Gasteiger charge is -2.22. The van der Waals surface area contributed by atoms with Gasteiger partial charge in [0.15, 0.2) is 0 Å². The average molecular weight is 316 g/mol. The van der Waals surface area contributed by atoms with Gasteiger partial charge in [0, 0.05) is 20.1 Å². The second-order valence-electron chi connectivity index (χ2n) is 6.08. The van der Waals surface area contributed by atoms with Crippen LogP contribution in [0.5, 0.6) is 0 Å². The summed E-state index contributed by atoms with van der Waals surface area (Å²) in [5.41, 5.74) is -0.407. The van der Waals surface area contributed by atoms with Gasteiger partial charge in [-0.3, -0.25) is 18.7 Å². The third kappa shape index (κ3) is 2.78. The highest BCUT2D eigenvalue weighted by molar-refractivity contribution is 5.94. The minimum atomic E-state index is -0.458. The summed E-state index contributed by atoms with van der Waals surface area (Å²) in [5.74, 6) is -0.257. The molecule has 2 aromatic heterocycles. The number of carbonyl (C=O) groups is 1. The summed E-state index contributed by atoms with van der Waals surface area (Å²) in [7, 11) is 2.97. The molecule has 0 saturated heterocycles. The summed E-state index contributed by atoms with van der Waals surface area (Å²) in [6.45, 7) is 0. The topological polar surface area (TPSA) is 86.0 Å². The molecule has 2 aromatic rings. The smallest absolute Gasteiger partial charge is 0.332 e. The number of carbonyl (C=O) groups excluding carboxylic acids is 1. The number of pyridine rings is 1. The van der Waals surface area contributed by atoms with E-state index in [0.29, 0.717) is 5.39 Å². The lowest BCUT2D eigenvalue weighted by atomic mass is 9.95. The first kappa shape index (κ1) is 15.5. The monoisotopic (exact) mass is 316 g/mol. The van der Waals surface area contributed by atoms with Crippen LogP contribution in [0.25, 0.3) is 11.0 Å². The molecule has 0 bridgehead atoms. The van der Waals surface area contributed by atoms with Crippen molar-refractivity contribution in [1.82, 2.24) is 19.4 Å². The summed E-state index contributed by atoms with van der Waals surface area (Å²) >= 11 is 0. The van der Waals surface area contributed by atoms with Crippen LogP contribution in [-0.2, 0) is 14.1 Å². The molecule has 23 heavy (non-hydrogen) atoms. The molecule has 3 rings (SSSR count).